The Morgan fingerprint density at radius 3 is 2.36 bits per heavy atom. The highest BCUT2D eigenvalue weighted by Crippen LogP contribution is 2.26. The van der Waals surface area contributed by atoms with Crippen molar-refractivity contribution in [2.24, 2.45) is 5.92 Å². The van der Waals surface area contributed by atoms with Crippen molar-refractivity contribution in [3.05, 3.63) is 35.6 Å². The fraction of sp³-hybridized carbons (Fsp3) is 0.684. The van der Waals surface area contributed by atoms with Crippen molar-refractivity contribution in [3.8, 4) is 0 Å². The minimum absolute atomic E-state index is 0.139. The second kappa shape index (κ2) is 7.56. The molecular formula is C19H29FN2. The second-order valence-electron chi connectivity index (χ2n) is 7.19. The SMILES string of the molecule is CN(CC1CCN(CCc2ccc(F)cc2)CC1)C1CCC1. The van der Waals surface area contributed by atoms with Crippen molar-refractivity contribution in [3.63, 3.8) is 0 Å². The van der Waals surface area contributed by atoms with E-state index >= 15 is 0 Å². The van der Waals surface area contributed by atoms with E-state index in [0.717, 1.165) is 24.9 Å². The molecule has 0 bridgehead atoms. The fourth-order valence-electron chi connectivity index (χ4n) is 3.71. The summed E-state index contributed by atoms with van der Waals surface area (Å²) in [6.07, 6.45) is 7.95. The van der Waals surface area contributed by atoms with Crippen LogP contribution < -0.4 is 0 Å². The van der Waals surface area contributed by atoms with Crippen LogP contribution in [-0.4, -0.2) is 49.1 Å². The number of hydrogen-bond acceptors (Lipinski definition) is 2. The Morgan fingerprint density at radius 2 is 1.77 bits per heavy atom. The van der Waals surface area contributed by atoms with Crippen molar-refractivity contribution in [1.82, 2.24) is 9.80 Å². The molecule has 2 fully saturated rings. The van der Waals surface area contributed by atoms with Gasteiger partial charge in [0.05, 0.1) is 0 Å². The Kier molecular flexibility index (Phi) is 5.48. The summed E-state index contributed by atoms with van der Waals surface area (Å²) in [5.41, 5.74) is 1.24. The summed E-state index contributed by atoms with van der Waals surface area (Å²) in [4.78, 5) is 5.17. The summed E-state index contributed by atoms with van der Waals surface area (Å²) in [6, 6.07) is 7.83. The molecule has 1 saturated heterocycles. The van der Waals surface area contributed by atoms with Crippen molar-refractivity contribution < 1.29 is 4.39 Å². The minimum Gasteiger partial charge on any atom is -0.303 e. The topological polar surface area (TPSA) is 6.48 Å². The molecule has 122 valence electrons. The van der Waals surface area contributed by atoms with Gasteiger partial charge in [0, 0.05) is 19.1 Å². The summed E-state index contributed by atoms with van der Waals surface area (Å²) in [5.74, 6) is 0.743. The van der Waals surface area contributed by atoms with E-state index in [-0.39, 0.29) is 5.82 Å². The molecule has 0 atom stereocenters. The van der Waals surface area contributed by atoms with Gasteiger partial charge in [0.15, 0.2) is 0 Å². The van der Waals surface area contributed by atoms with E-state index in [9.17, 15) is 4.39 Å². The Balaban J connectivity index is 1.35. The van der Waals surface area contributed by atoms with E-state index in [1.54, 1.807) is 12.1 Å². The molecule has 2 aliphatic rings. The lowest BCUT2D eigenvalue weighted by Crippen LogP contribution is -2.43. The summed E-state index contributed by atoms with van der Waals surface area (Å²) in [7, 11) is 2.31. The summed E-state index contributed by atoms with van der Waals surface area (Å²) < 4.78 is 12.9. The smallest absolute Gasteiger partial charge is 0.123 e. The normalized spacial score (nSPS) is 21.2. The van der Waals surface area contributed by atoms with E-state index in [2.05, 4.69) is 16.8 Å². The third-order valence-corrected chi connectivity index (χ3v) is 5.58. The molecule has 1 aromatic rings. The number of benzene rings is 1. The summed E-state index contributed by atoms with van der Waals surface area (Å²) in [5, 5.41) is 0. The highest BCUT2D eigenvalue weighted by molar-refractivity contribution is 5.16. The lowest BCUT2D eigenvalue weighted by atomic mass is 9.89. The third-order valence-electron chi connectivity index (χ3n) is 5.58. The first-order valence-electron chi connectivity index (χ1n) is 8.88. The molecule has 0 unspecified atom stereocenters. The Bertz CT molecular complexity index is 447. The molecule has 1 aliphatic heterocycles. The molecule has 0 spiro atoms. The maximum Gasteiger partial charge on any atom is 0.123 e. The van der Waals surface area contributed by atoms with Gasteiger partial charge in [-0.15, -0.1) is 0 Å². The number of likely N-dealkylation sites (tertiary alicyclic amines) is 1. The summed E-state index contributed by atoms with van der Waals surface area (Å²) in [6.45, 7) is 4.85. The van der Waals surface area contributed by atoms with Crippen LogP contribution in [0.1, 0.15) is 37.7 Å². The zero-order valence-electron chi connectivity index (χ0n) is 13.8. The van der Waals surface area contributed by atoms with Gasteiger partial charge < -0.3 is 9.80 Å². The first kappa shape index (κ1) is 15.9. The fourth-order valence-corrected chi connectivity index (χ4v) is 3.71. The van der Waals surface area contributed by atoms with Crippen LogP contribution in [0.2, 0.25) is 0 Å². The van der Waals surface area contributed by atoms with Crippen molar-refractivity contribution in [2.45, 2.75) is 44.6 Å². The van der Waals surface area contributed by atoms with E-state index in [1.807, 2.05) is 12.1 Å². The standard InChI is InChI=1S/C19H29FN2/c1-21(19-3-2-4-19)15-17-10-13-22(14-11-17)12-9-16-5-7-18(20)8-6-16/h5-8,17,19H,2-4,9-15H2,1H3. The largest absolute Gasteiger partial charge is 0.303 e. The highest BCUT2D eigenvalue weighted by atomic mass is 19.1. The predicted octanol–water partition coefficient (Wildman–Crippen LogP) is 3.56. The van der Waals surface area contributed by atoms with E-state index < -0.39 is 0 Å². The number of hydrogen-bond donors (Lipinski definition) is 0. The lowest BCUT2D eigenvalue weighted by Gasteiger charge is -2.39. The van der Waals surface area contributed by atoms with Crippen LogP contribution in [0.15, 0.2) is 24.3 Å². The number of nitrogens with zero attached hydrogens (tertiary/aromatic N) is 2. The van der Waals surface area contributed by atoms with Gasteiger partial charge in [-0.05, 0) is 75.9 Å². The van der Waals surface area contributed by atoms with Crippen molar-refractivity contribution >= 4 is 0 Å². The summed E-state index contributed by atoms with van der Waals surface area (Å²) >= 11 is 0. The molecule has 1 aromatic carbocycles. The third kappa shape index (κ3) is 4.30. The van der Waals surface area contributed by atoms with E-state index in [1.165, 1.54) is 57.3 Å². The maximum absolute atomic E-state index is 12.9. The maximum atomic E-state index is 12.9. The average molecular weight is 304 g/mol. The Morgan fingerprint density at radius 1 is 1.09 bits per heavy atom. The van der Waals surface area contributed by atoms with Crippen LogP contribution in [0.4, 0.5) is 4.39 Å². The zero-order valence-corrected chi connectivity index (χ0v) is 13.8. The zero-order chi connectivity index (χ0) is 15.4. The molecule has 2 nitrogen and oxygen atoms in total. The van der Waals surface area contributed by atoms with Crippen molar-refractivity contribution in [2.75, 3.05) is 33.2 Å². The van der Waals surface area contributed by atoms with Gasteiger partial charge >= 0.3 is 0 Å². The molecule has 0 amide bonds. The molecule has 1 aliphatic carbocycles. The Labute approximate surface area is 134 Å². The molecule has 1 saturated carbocycles. The minimum atomic E-state index is -0.139. The number of halogens is 1. The van der Waals surface area contributed by atoms with Gasteiger partial charge in [0.25, 0.3) is 0 Å². The van der Waals surface area contributed by atoms with Gasteiger partial charge in [0.1, 0.15) is 5.82 Å². The van der Waals surface area contributed by atoms with Crippen LogP contribution in [0.3, 0.4) is 0 Å². The van der Waals surface area contributed by atoms with Crippen LogP contribution >= 0.6 is 0 Å². The molecule has 22 heavy (non-hydrogen) atoms. The van der Waals surface area contributed by atoms with Crippen LogP contribution in [0.25, 0.3) is 0 Å². The molecule has 0 N–H and O–H groups in total. The monoisotopic (exact) mass is 304 g/mol. The first-order valence-corrected chi connectivity index (χ1v) is 8.88. The lowest BCUT2D eigenvalue weighted by molar-refractivity contribution is 0.105. The molecule has 3 heteroatoms. The Hall–Kier alpha value is -0.930. The van der Waals surface area contributed by atoms with Gasteiger partial charge in [-0.1, -0.05) is 18.6 Å². The van der Waals surface area contributed by atoms with E-state index in [4.69, 9.17) is 0 Å². The number of piperidine rings is 1. The van der Waals surface area contributed by atoms with Crippen LogP contribution in [0.5, 0.6) is 0 Å². The molecule has 0 aromatic heterocycles. The molecule has 3 rings (SSSR count). The molecule has 1 heterocycles. The highest BCUT2D eigenvalue weighted by Gasteiger charge is 2.26. The van der Waals surface area contributed by atoms with Crippen LogP contribution in [0, 0.1) is 11.7 Å². The van der Waals surface area contributed by atoms with Gasteiger partial charge in [-0.3, -0.25) is 0 Å². The average Bonchev–Trinajstić information content (AvgIpc) is 2.46. The van der Waals surface area contributed by atoms with Gasteiger partial charge in [0.2, 0.25) is 0 Å². The van der Waals surface area contributed by atoms with E-state index in [0.29, 0.717) is 0 Å². The molecular weight excluding hydrogens is 275 g/mol. The quantitative estimate of drug-likeness (QED) is 0.793. The second-order valence-corrected chi connectivity index (χ2v) is 7.19. The van der Waals surface area contributed by atoms with Gasteiger partial charge in [-0.25, -0.2) is 4.39 Å². The number of rotatable bonds is 6. The molecule has 0 radical (unpaired) electrons. The predicted molar refractivity (Wildman–Crippen MR) is 89.5 cm³/mol. The van der Waals surface area contributed by atoms with Crippen LogP contribution in [-0.2, 0) is 6.42 Å². The van der Waals surface area contributed by atoms with Gasteiger partial charge in [-0.2, -0.15) is 0 Å². The first-order chi connectivity index (χ1) is 10.7. The van der Waals surface area contributed by atoms with Crippen molar-refractivity contribution in [1.29, 1.82) is 0 Å².